The van der Waals surface area contributed by atoms with Crippen LogP contribution in [0.2, 0.25) is 0 Å². The van der Waals surface area contributed by atoms with Crippen molar-refractivity contribution < 1.29 is 28.4 Å². The zero-order valence-corrected chi connectivity index (χ0v) is 20.5. The topological polar surface area (TPSA) is 129 Å². The largest absolute Gasteiger partial charge is 0.475 e. The molecule has 1 aromatic rings. The van der Waals surface area contributed by atoms with E-state index in [0.29, 0.717) is 13.0 Å². The number of carbonyl (C=O) groups excluding carboxylic acids is 2. The first-order chi connectivity index (χ1) is 16.9. The summed E-state index contributed by atoms with van der Waals surface area (Å²) < 4.78 is 27.3. The number of halogens is 2. The number of hydrogen-bond acceptors (Lipinski definition) is 6. The Balaban J connectivity index is 1.56. The number of hydrogen-bond donors (Lipinski definition) is 4. The second-order valence-corrected chi connectivity index (χ2v) is 9.92. The number of alkyl halides is 2. The number of nitrogens with one attached hydrogen (secondary N) is 2. The van der Waals surface area contributed by atoms with Gasteiger partial charge in [0.05, 0.1) is 12.5 Å². The number of amides is 3. The Kier molecular flexibility index (Phi) is 8.71. The first-order valence-electron chi connectivity index (χ1n) is 11.9. The average molecular weight is 503 g/mol. The molecule has 2 atom stereocenters. The number of urea groups is 1. The molecule has 1 aromatic carbocycles. The number of benzene rings is 1. The fourth-order valence-corrected chi connectivity index (χ4v) is 4.54. The molecular formula is C24H32BF2N5O4. The van der Waals surface area contributed by atoms with Gasteiger partial charge in [-0.15, -0.1) is 0 Å². The van der Waals surface area contributed by atoms with Crippen LogP contribution in [0.1, 0.15) is 32.3 Å². The van der Waals surface area contributed by atoms with E-state index >= 15 is 0 Å². The van der Waals surface area contributed by atoms with Gasteiger partial charge in [-0.25, -0.2) is 13.6 Å². The normalized spacial score (nSPS) is 21.1. The van der Waals surface area contributed by atoms with Gasteiger partial charge < -0.3 is 25.6 Å². The van der Waals surface area contributed by atoms with Gasteiger partial charge in [0, 0.05) is 37.6 Å². The SMILES string of the molecule is CC(C)(C=C(C#N)C(=O)N1CC[C@H](NC(=O)NC(Cc2ccccc2)B(O)O)C1)N1CCC(F)(F)C1. The highest BCUT2D eigenvalue weighted by molar-refractivity contribution is 6.43. The van der Waals surface area contributed by atoms with Gasteiger partial charge in [0.15, 0.2) is 0 Å². The van der Waals surface area contributed by atoms with Crippen molar-refractivity contribution in [1.29, 1.82) is 5.26 Å². The third-order valence-corrected chi connectivity index (χ3v) is 6.62. The molecule has 2 heterocycles. The summed E-state index contributed by atoms with van der Waals surface area (Å²) in [5, 5.41) is 34.2. The van der Waals surface area contributed by atoms with Crippen LogP contribution in [0.25, 0.3) is 0 Å². The summed E-state index contributed by atoms with van der Waals surface area (Å²) in [6.45, 7) is 3.60. The molecule has 2 saturated heterocycles. The lowest BCUT2D eigenvalue weighted by molar-refractivity contribution is -0.125. The summed E-state index contributed by atoms with van der Waals surface area (Å²) in [5.74, 6) is -4.24. The van der Waals surface area contributed by atoms with Crippen LogP contribution in [-0.2, 0) is 11.2 Å². The summed E-state index contributed by atoms with van der Waals surface area (Å²) in [6.07, 6.45) is 1.84. The summed E-state index contributed by atoms with van der Waals surface area (Å²) >= 11 is 0. The molecule has 3 amide bonds. The van der Waals surface area contributed by atoms with E-state index in [1.165, 1.54) is 11.0 Å². The van der Waals surface area contributed by atoms with Crippen molar-refractivity contribution >= 4 is 19.1 Å². The highest BCUT2D eigenvalue weighted by atomic mass is 19.3. The van der Waals surface area contributed by atoms with Gasteiger partial charge in [-0.2, -0.15) is 5.26 Å². The Morgan fingerprint density at radius 1 is 1.31 bits per heavy atom. The van der Waals surface area contributed by atoms with E-state index in [-0.39, 0.29) is 31.5 Å². The molecule has 194 valence electrons. The van der Waals surface area contributed by atoms with Crippen LogP contribution in [-0.4, -0.2) is 88.5 Å². The second kappa shape index (κ2) is 11.4. The van der Waals surface area contributed by atoms with Gasteiger partial charge >= 0.3 is 13.1 Å². The predicted octanol–water partition coefficient (Wildman–Crippen LogP) is 1.08. The molecular weight excluding hydrogens is 471 g/mol. The van der Waals surface area contributed by atoms with Crippen LogP contribution in [0.4, 0.5) is 13.6 Å². The summed E-state index contributed by atoms with van der Waals surface area (Å²) in [4.78, 5) is 28.4. The van der Waals surface area contributed by atoms with E-state index in [9.17, 15) is 33.7 Å². The zero-order valence-electron chi connectivity index (χ0n) is 20.5. The molecule has 2 aliphatic rings. The van der Waals surface area contributed by atoms with E-state index < -0.39 is 49.0 Å². The van der Waals surface area contributed by atoms with Gasteiger partial charge in [-0.3, -0.25) is 9.69 Å². The maximum Gasteiger partial charge on any atom is 0.475 e. The number of rotatable bonds is 8. The molecule has 0 aliphatic carbocycles. The van der Waals surface area contributed by atoms with Crippen molar-refractivity contribution in [3.05, 3.63) is 47.5 Å². The van der Waals surface area contributed by atoms with Crippen LogP contribution in [0.5, 0.6) is 0 Å². The van der Waals surface area contributed by atoms with Crippen LogP contribution < -0.4 is 10.6 Å². The minimum absolute atomic E-state index is 0.133. The lowest BCUT2D eigenvalue weighted by atomic mass is 9.76. The predicted molar refractivity (Wildman–Crippen MR) is 130 cm³/mol. The van der Waals surface area contributed by atoms with Crippen molar-refractivity contribution in [2.24, 2.45) is 0 Å². The lowest BCUT2D eigenvalue weighted by Crippen LogP contribution is -2.53. The quantitative estimate of drug-likeness (QED) is 0.239. The van der Waals surface area contributed by atoms with E-state index in [0.717, 1.165) is 5.56 Å². The number of carbonyl (C=O) groups is 2. The van der Waals surface area contributed by atoms with E-state index in [1.54, 1.807) is 18.7 Å². The molecule has 0 radical (unpaired) electrons. The van der Waals surface area contributed by atoms with Crippen LogP contribution in [0.3, 0.4) is 0 Å². The van der Waals surface area contributed by atoms with Crippen molar-refractivity contribution in [2.75, 3.05) is 26.2 Å². The first-order valence-corrected chi connectivity index (χ1v) is 11.9. The van der Waals surface area contributed by atoms with Gasteiger partial charge in [0.1, 0.15) is 11.6 Å². The van der Waals surface area contributed by atoms with Gasteiger partial charge in [0.25, 0.3) is 11.8 Å². The monoisotopic (exact) mass is 503 g/mol. The molecule has 9 nitrogen and oxygen atoms in total. The maximum atomic E-state index is 13.7. The molecule has 0 saturated carbocycles. The summed E-state index contributed by atoms with van der Waals surface area (Å²) in [7, 11) is -1.76. The highest BCUT2D eigenvalue weighted by Crippen LogP contribution is 2.33. The zero-order chi connectivity index (χ0) is 26.5. The van der Waals surface area contributed by atoms with Crippen LogP contribution >= 0.6 is 0 Å². The standard InChI is InChI=1S/C24H32BF2N5O4/c1-23(2,32-11-9-24(26,27)16-32)13-18(14-28)21(33)31-10-8-19(15-31)29-22(34)30-20(25(35)36)12-17-6-4-3-5-7-17/h3-7,13,19-20,35-36H,8-12,15-16H2,1-2H3,(H2,29,30,34)/t19-,20?/m0/s1. The Morgan fingerprint density at radius 3 is 2.58 bits per heavy atom. The molecule has 2 aliphatic heterocycles. The van der Waals surface area contributed by atoms with Gasteiger partial charge in [-0.1, -0.05) is 30.3 Å². The molecule has 12 heteroatoms. The minimum atomic E-state index is -2.79. The fraction of sp³-hybridized carbons (Fsp3) is 0.542. The van der Waals surface area contributed by atoms with Gasteiger partial charge in [0.2, 0.25) is 0 Å². The third kappa shape index (κ3) is 7.26. The van der Waals surface area contributed by atoms with Crippen molar-refractivity contribution in [3.63, 3.8) is 0 Å². The summed E-state index contributed by atoms with van der Waals surface area (Å²) in [5.41, 5.74) is -0.215. The molecule has 0 spiro atoms. The Labute approximate surface area is 209 Å². The van der Waals surface area contributed by atoms with Crippen molar-refractivity contribution in [2.45, 2.75) is 56.6 Å². The van der Waals surface area contributed by atoms with Crippen LogP contribution in [0.15, 0.2) is 42.0 Å². The van der Waals surface area contributed by atoms with E-state index in [4.69, 9.17) is 0 Å². The highest BCUT2D eigenvalue weighted by Gasteiger charge is 2.43. The second-order valence-electron chi connectivity index (χ2n) is 9.92. The van der Waals surface area contributed by atoms with E-state index in [2.05, 4.69) is 10.6 Å². The fourth-order valence-electron chi connectivity index (χ4n) is 4.54. The maximum absolute atomic E-state index is 13.7. The Bertz CT molecular complexity index is 1020. The van der Waals surface area contributed by atoms with Crippen LogP contribution in [0, 0.1) is 11.3 Å². The number of nitrogens with zero attached hydrogens (tertiary/aromatic N) is 3. The lowest BCUT2D eigenvalue weighted by Gasteiger charge is -2.33. The molecule has 0 aromatic heterocycles. The Morgan fingerprint density at radius 2 is 2.00 bits per heavy atom. The molecule has 0 bridgehead atoms. The van der Waals surface area contributed by atoms with E-state index in [1.807, 2.05) is 36.4 Å². The van der Waals surface area contributed by atoms with Crippen molar-refractivity contribution in [1.82, 2.24) is 20.4 Å². The summed E-state index contributed by atoms with van der Waals surface area (Å²) in [6, 6.07) is 9.98. The Hall–Kier alpha value is -3.01. The molecule has 3 rings (SSSR count). The minimum Gasteiger partial charge on any atom is -0.426 e. The molecule has 1 unspecified atom stereocenters. The average Bonchev–Trinajstić information content (AvgIpc) is 3.43. The first kappa shape index (κ1) is 27.6. The molecule has 4 N–H and O–H groups in total. The van der Waals surface area contributed by atoms with Gasteiger partial charge in [-0.05, 0) is 38.3 Å². The molecule has 36 heavy (non-hydrogen) atoms. The van der Waals surface area contributed by atoms with Crippen molar-refractivity contribution in [3.8, 4) is 6.07 Å². The number of nitriles is 1. The molecule has 2 fully saturated rings. The smallest absolute Gasteiger partial charge is 0.426 e. The third-order valence-electron chi connectivity index (χ3n) is 6.62. The number of likely N-dealkylation sites (tertiary alicyclic amines) is 2.